The molecule has 22 heavy (non-hydrogen) atoms. The maximum Gasteiger partial charge on any atom is 0.0163 e. The van der Waals surface area contributed by atoms with Crippen molar-refractivity contribution in [2.24, 2.45) is 0 Å². The quantitative estimate of drug-likeness (QED) is 0.343. The van der Waals surface area contributed by atoms with Gasteiger partial charge in [0.15, 0.2) is 0 Å². The maximum atomic E-state index is 2.40. The minimum absolute atomic E-state index is 1.07. The van der Waals surface area contributed by atoms with E-state index in [0.29, 0.717) is 0 Å². The van der Waals surface area contributed by atoms with E-state index in [1.807, 2.05) is 11.8 Å². The summed E-state index contributed by atoms with van der Waals surface area (Å²) in [6.07, 6.45) is 11.8. The normalized spacial score (nSPS) is 12.4. The summed E-state index contributed by atoms with van der Waals surface area (Å²) in [5.41, 5.74) is 4.43. The van der Waals surface area contributed by atoms with Gasteiger partial charge in [0.25, 0.3) is 0 Å². The highest BCUT2D eigenvalue weighted by Crippen LogP contribution is 2.18. The molecule has 0 unspecified atom stereocenters. The van der Waals surface area contributed by atoms with Crippen molar-refractivity contribution >= 4 is 11.8 Å². The van der Waals surface area contributed by atoms with Crippen LogP contribution < -0.4 is 0 Å². The minimum Gasteiger partial charge on any atom is -0.122 e. The fourth-order valence-electron chi connectivity index (χ4n) is 2.14. The highest BCUT2D eigenvalue weighted by Gasteiger charge is 1.93. The zero-order valence-electron chi connectivity index (χ0n) is 14.6. The van der Waals surface area contributed by atoms with Crippen LogP contribution in [0, 0.1) is 0 Å². The van der Waals surface area contributed by atoms with Crippen LogP contribution in [0.5, 0.6) is 0 Å². The molecule has 0 nitrogen and oxygen atoms in total. The van der Waals surface area contributed by atoms with Crippen molar-refractivity contribution in [1.82, 2.24) is 0 Å². The highest BCUT2D eigenvalue weighted by molar-refractivity contribution is 7.99. The van der Waals surface area contributed by atoms with Crippen LogP contribution in [0.4, 0.5) is 0 Å². The number of allylic oxidation sites excluding steroid dienone is 5. The van der Waals surface area contributed by atoms with Crippen molar-refractivity contribution in [3.63, 3.8) is 0 Å². The molecule has 0 aliphatic heterocycles. The summed E-state index contributed by atoms with van der Waals surface area (Å²) >= 11 is 1.90. The lowest BCUT2D eigenvalue weighted by Gasteiger charge is -2.02. The van der Waals surface area contributed by atoms with Gasteiger partial charge in [0.05, 0.1) is 0 Å². The van der Waals surface area contributed by atoms with E-state index < -0.39 is 0 Å². The van der Waals surface area contributed by atoms with Gasteiger partial charge in [0.2, 0.25) is 0 Å². The Morgan fingerprint density at radius 1 is 0.818 bits per heavy atom. The molecule has 1 aromatic rings. The fourth-order valence-corrected chi connectivity index (χ4v) is 3.05. The number of hydrogen-bond acceptors (Lipinski definition) is 1. The van der Waals surface area contributed by atoms with E-state index in [4.69, 9.17) is 0 Å². The van der Waals surface area contributed by atoms with Gasteiger partial charge in [-0.3, -0.25) is 0 Å². The van der Waals surface area contributed by atoms with Crippen molar-refractivity contribution in [2.45, 2.75) is 58.3 Å². The molecule has 0 aliphatic rings. The molecule has 1 rings (SSSR count). The average molecular weight is 315 g/mol. The molecule has 0 atom stereocenters. The molecular weight excluding hydrogens is 284 g/mol. The van der Waals surface area contributed by atoms with Crippen molar-refractivity contribution in [3.05, 3.63) is 65.3 Å². The molecule has 0 saturated carbocycles. The summed E-state index contributed by atoms with van der Waals surface area (Å²) in [7, 11) is 0. The van der Waals surface area contributed by atoms with Crippen molar-refractivity contribution in [2.75, 3.05) is 5.75 Å². The third kappa shape index (κ3) is 9.68. The first-order chi connectivity index (χ1) is 10.6. The standard InChI is InChI=1S/C21H30S/c1-18(2)10-8-11-19(3)12-9-13-20(4)16-17-22-21-14-6-5-7-15-21/h5-7,10,12,14-16H,8-9,11,13,17H2,1-4H3/b19-12-,20-16-. The molecule has 0 aromatic heterocycles. The van der Waals surface area contributed by atoms with Gasteiger partial charge in [-0.05, 0) is 65.5 Å². The summed E-state index contributed by atoms with van der Waals surface area (Å²) in [4.78, 5) is 1.35. The van der Waals surface area contributed by atoms with Gasteiger partial charge in [0.1, 0.15) is 0 Å². The first-order valence-electron chi connectivity index (χ1n) is 8.20. The lowest BCUT2D eigenvalue weighted by Crippen LogP contribution is -1.82. The van der Waals surface area contributed by atoms with E-state index >= 15 is 0 Å². The monoisotopic (exact) mass is 314 g/mol. The maximum absolute atomic E-state index is 2.40. The van der Waals surface area contributed by atoms with Crippen LogP contribution in [0.1, 0.15) is 53.4 Å². The predicted octanol–water partition coefficient (Wildman–Crippen LogP) is 7.20. The predicted molar refractivity (Wildman–Crippen MR) is 103 cm³/mol. The summed E-state index contributed by atoms with van der Waals surface area (Å²) in [5, 5.41) is 0. The second kappa shape index (κ2) is 11.4. The molecule has 0 heterocycles. The Morgan fingerprint density at radius 3 is 2.05 bits per heavy atom. The smallest absolute Gasteiger partial charge is 0.0163 e. The van der Waals surface area contributed by atoms with Gasteiger partial charge in [-0.1, -0.05) is 53.1 Å². The molecule has 120 valence electrons. The van der Waals surface area contributed by atoms with Crippen LogP contribution >= 0.6 is 11.8 Å². The summed E-state index contributed by atoms with van der Waals surface area (Å²) in [5.74, 6) is 1.07. The van der Waals surface area contributed by atoms with E-state index in [9.17, 15) is 0 Å². The molecule has 0 radical (unpaired) electrons. The zero-order chi connectivity index (χ0) is 16.2. The summed E-state index contributed by atoms with van der Waals surface area (Å²) in [6.45, 7) is 8.84. The van der Waals surface area contributed by atoms with E-state index in [-0.39, 0.29) is 0 Å². The Kier molecular flexibility index (Phi) is 9.74. The van der Waals surface area contributed by atoms with E-state index in [2.05, 4.69) is 76.3 Å². The number of benzene rings is 1. The first-order valence-corrected chi connectivity index (χ1v) is 9.19. The molecule has 0 spiro atoms. The second-order valence-electron chi connectivity index (χ2n) is 6.08. The Hall–Kier alpha value is -1.21. The highest BCUT2D eigenvalue weighted by atomic mass is 32.2. The Labute approximate surface area is 141 Å². The van der Waals surface area contributed by atoms with E-state index in [1.54, 1.807) is 0 Å². The Bertz CT molecular complexity index is 502. The SMILES string of the molecule is CC(C)=CCC/C(C)=C\CC/C(C)=C\CSc1ccccc1. The van der Waals surface area contributed by atoms with Crippen LogP contribution in [-0.4, -0.2) is 5.75 Å². The fraction of sp³-hybridized carbons (Fsp3) is 0.429. The average Bonchev–Trinajstić information content (AvgIpc) is 2.48. The van der Waals surface area contributed by atoms with E-state index in [1.165, 1.54) is 47.3 Å². The molecule has 1 heteroatoms. The third-order valence-electron chi connectivity index (χ3n) is 3.55. The van der Waals surface area contributed by atoms with Gasteiger partial charge in [-0.25, -0.2) is 0 Å². The summed E-state index contributed by atoms with van der Waals surface area (Å²) < 4.78 is 0. The van der Waals surface area contributed by atoms with Crippen molar-refractivity contribution < 1.29 is 0 Å². The zero-order valence-corrected chi connectivity index (χ0v) is 15.4. The van der Waals surface area contributed by atoms with E-state index in [0.717, 1.165) is 5.75 Å². The third-order valence-corrected chi connectivity index (χ3v) is 4.49. The van der Waals surface area contributed by atoms with Gasteiger partial charge in [-0.15, -0.1) is 11.8 Å². The number of thioether (sulfide) groups is 1. The van der Waals surface area contributed by atoms with Crippen molar-refractivity contribution in [3.8, 4) is 0 Å². The largest absolute Gasteiger partial charge is 0.122 e. The number of hydrogen-bond donors (Lipinski definition) is 0. The molecule has 0 amide bonds. The Morgan fingerprint density at radius 2 is 1.41 bits per heavy atom. The van der Waals surface area contributed by atoms with Gasteiger partial charge >= 0.3 is 0 Å². The van der Waals surface area contributed by atoms with Crippen LogP contribution in [0.25, 0.3) is 0 Å². The van der Waals surface area contributed by atoms with Crippen LogP contribution in [-0.2, 0) is 0 Å². The number of rotatable bonds is 9. The molecule has 0 aliphatic carbocycles. The minimum atomic E-state index is 1.07. The molecular formula is C21H30S. The van der Waals surface area contributed by atoms with Gasteiger partial charge in [-0.2, -0.15) is 0 Å². The lowest BCUT2D eigenvalue weighted by atomic mass is 10.1. The van der Waals surface area contributed by atoms with Gasteiger partial charge < -0.3 is 0 Å². The van der Waals surface area contributed by atoms with Crippen LogP contribution in [0.2, 0.25) is 0 Å². The second-order valence-corrected chi connectivity index (χ2v) is 7.18. The van der Waals surface area contributed by atoms with Gasteiger partial charge in [0, 0.05) is 10.6 Å². The molecule has 0 saturated heterocycles. The molecule has 0 fully saturated rings. The van der Waals surface area contributed by atoms with Crippen LogP contribution in [0.3, 0.4) is 0 Å². The molecule has 0 N–H and O–H groups in total. The Balaban J connectivity index is 2.22. The molecule has 0 bridgehead atoms. The lowest BCUT2D eigenvalue weighted by molar-refractivity contribution is 0.917. The topological polar surface area (TPSA) is 0 Å². The van der Waals surface area contributed by atoms with Crippen LogP contribution in [0.15, 0.2) is 70.2 Å². The molecule has 1 aromatic carbocycles. The van der Waals surface area contributed by atoms with Crippen molar-refractivity contribution in [1.29, 1.82) is 0 Å². The first kappa shape index (κ1) is 18.8. The summed E-state index contributed by atoms with van der Waals surface area (Å²) in [6, 6.07) is 10.6.